The Balaban J connectivity index is 1.67. The van der Waals surface area contributed by atoms with Crippen molar-refractivity contribution < 1.29 is 18.0 Å². The Morgan fingerprint density at radius 3 is 2.50 bits per heavy atom. The molecule has 0 spiro atoms. The van der Waals surface area contributed by atoms with Gasteiger partial charge in [-0.25, -0.2) is 8.42 Å². The maximum Gasteiger partial charge on any atom is 0.264 e. The van der Waals surface area contributed by atoms with E-state index in [0.29, 0.717) is 10.7 Å². The van der Waals surface area contributed by atoms with Gasteiger partial charge >= 0.3 is 0 Å². The largest absolute Gasteiger partial charge is 0.352 e. The van der Waals surface area contributed by atoms with E-state index in [-0.39, 0.29) is 29.3 Å². The second-order valence-electron chi connectivity index (χ2n) is 7.07. The lowest BCUT2D eigenvalue weighted by molar-refractivity contribution is -0.129. The molecule has 9 heteroatoms. The number of nitrogens with zero attached hydrogens (tertiary/aromatic N) is 2. The predicted octanol–water partition coefficient (Wildman–Crippen LogP) is 2.91. The summed E-state index contributed by atoms with van der Waals surface area (Å²) in [6.07, 6.45) is 2.26. The van der Waals surface area contributed by atoms with Gasteiger partial charge in [0, 0.05) is 43.7 Å². The summed E-state index contributed by atoms with van der Waals surface area (Å²) in [6.45, 7) is 1.74. The second-order valence-corrected chi connectivity index (χ2v) is 9.48. The van der Waals surface area contributed by atoms with Gasteiger partial charge in [0.1, 0.15) is 0 Å². The lowest BCUT2D eigenvalue weighted by Gasteiger charge is -2.20. The average molecular weight is 450 g/mol. The minimum Gasteiger partial charge on any atom is -0.352 e. The smallest absolute Gasteiger partial charge is 0.264 e. The summed E-state index contributed by atoms with van der Waals surface area (Å²) in [5.41, 5.74) is 0.627. The lowest BCUT2D eigenvalue weighted by atomic mass is 10.2. The van der Waals surface area contributed by atoms with Gasteiger partial charge < -0.3 is 10.2 Å². The summed E-state index contributed by atoms with van der Waals surface area (Å²) in [5.74, 6) is -0.404. The number of hydrogen-bond donors (Lipinski definition) is 1. The van der Waals surface area contributed by atoms with Gasteiger partial charge in [-0.2, -0.15) is 0 Å². The number of nitrogens with one attached hydrogen (secondary N) is 1. The molecule has 1 saturated heterocycles. The normalized spacial score (nSPS) is 13.9. The minimum absolute atomic E-state index is 0.00855. The molecule has 1 heterocycles. The van der Waals surface area contributed by atoms with Gasteiger partial charge in [-0.05, 0) is 49.2 Å². The molecule has 1 aliphatic heterocycles. The molecule has 2 amide bonds. The summed E-state index contributed by atoms with van der Waals surface area (Å²) in [4.78, 5) is 26.3. The molecule has 0 saturated carbocycles. The fourth-order valence-corrected chi connectivity index (χ4v) is 4.69. The van der Waals surface area contributed by atoms with Gasteiger partial charge in [-0.1, -0.05) is 23.7 Å². The molecule has 30 heavy (non-hydrogen) atoms. The van der Waals surface area contributed by atoms with E-state index < -0.39 is 15.9 Å². The standard InChI is InChI=1S/C21H24ClN3O4S/c1-24(18-8-5-7-17(22)15-18)30(28,29)19-9-4-6-16(14-19)21(27)23-11-10-20(26)25-12-2-3-13-25/h4-9,14-15H,2-3,10-13H2,1H3,(H,23,27). The number of hydrogen-bond acceptors (Lipinski definition) is 4. The van der Waals surface area contributed by atoms with Crippen molar-refractivity contribution in [1.29, 1.82) is 0 Å². The zero-order chi connectivity index (χ0) is 21.7. The van der Waals surface area contributed by atoms with Crippen LogP contribution in [0.2, 0.25) is 5.02 Å². The molecule has 2 aromatic carbocycles. The van der Waals surface area contributed by atoms with Crippen molar-refractivity contribution in [3.8, 4) is 0 Å². The van der Waals surface area contributed by atoms with Crippen molar-refractivity contribution in [2.45, 2.75) is 24.2 Å². The van der Waals surface area contributed by atoms with Crippen LogP contribution in [0.4, 0.5) is 5.69 Å². The zero-order valence-corrected chi connectivity index (χ0v) is 18.2. The van der Waals surface area contributed by atoms with Crippen LogP contribution in [0.25, 0.3) is 0 Å². The average Bonchev–Trinajstić information content (AvgIpc) is 3.28. The Labute approximate surface area is 181 Å². The number of carbonyl (C=O) groups excluding carboxylic acids is 2. The van der Waals surface area contributed by atoms with Crippen molar-refractivity contribution in [2.24, 2.45) is 0 Å². The summed E-state index contributed by atoms with van der Waals surface area (Å²) in [6, 6.07) is 12.3. The first-order valence-electron chi connectivity index (χ1n) is 9.69. The number of sulfonamides is 1. The van der Waals surface area contributed by atoms with E-state index in [1.54, 1.807) is 29.2 Å². The third-order valence-corrected chi connectivity index (χ3v) is 7.03. The zero-order valence-electron chi connectivity index (χ0n) is 16.7. The van der Waals surface area contributed by atoms with E-state index in [1.165, 1.54) is 31.3 Å². The van der Waals surface area contributed by atoms with E-state index in [9.17, 15) is 18.0 Å². The lowest BCUT2D eigenvalue weighted by Crippen LogP contribution is -2.32. The monoisotopic (exact) mass is 449 g/mol. The number of carbonyl (C=O) groups is 2. The summed E-state index contributed by atoms with van der Waals surface area (Å²) >= 11 is 5.96. The van der Waals surface area contributed by atoms with Crippen molar-refractivity contribution in [2.75, 3.05) is 31.0 Å². The summed E-state index contributed by atoms with van der Waals surface area (Å²) < 4.78 is 27.1. The fourth-order valence-electron chi connectivity index (χ4n) is 3.28. The van der Waals surface area contributed by atoms with E-state index in [0.717, 1.165) is 30.2 Å². The predicted molar refractivity (Wildman–Crippen MR) is 116 cm³/mol. The Hall–Kier alpha value is -2.58. The molecule has 1 N–H and O–H groups in total. The molecule has 160 valence electrons. The number of anilines is 1. The highest BCUT2D eigenvalue weighted by Crippen LogP contribution is 2.25. The fraction of sp³-hybridized carbons (Fsp3) is 0.333. The SMILES string of the molecule is CN(c1cccc(Cl)c1)S(=O)(=O)c1cccc(C(=O)NCCC(=O)N2CCCC2)c1. The number of amides is 2. The van der Waals surface area contributed by atoms with E-state index in [4.69, 9.17) is 11.6 Å². The van der Waals surface area contributed by atoms with Crippen LogP contribution in [0.15, 0.2) is 53.4 Å². The van der Waals surface area contributed by atoms with Crippen LogP contribution in [0, 0.1) is 0 Å². The van der Waals surface area contributed by atoms with Gasteiger partial charge in [0.25, 0.3) is 15.9 Å². The van der Waals surface area contributed by atoms with Crippen molar-refractivity contribution in [3.05, 3.63) is 59.1 Å². The van der Waals surface area contributed by atoms with Crippen LogP contribution >= 0.6 is 11.6 Å². The van der Waals surface area contributed by atoms with E-state index >= 15 is 0 Å². The second kappa shape index (κ2) is 9.49. The first kappa shape index (κ1) is 22.1. The van der Waals surface area contributed by atoms with Crippen LogP contribution in [0.1, 0.15) is 29.6 Å². The molecule has 1 fully saturated rings. The van der Waals surface area contributed by atoms with Gasteiger partial charge in [0.2, 0.25) is 5.91 Å². The molecule has 2 aromatic rings. The molecular weight excluding hydrogens is 426 g/mol. The highest BCUT2D eigenvalue weighted by atomic mass is 35.5. The number of rotatable bonds is 7. The third-order valence-electron chi connectivity index (χ3n) is 5.01. The topological polar surface area (TPSA) is 86.8 Å². The highest BCUT2D eigenvalue weighted by Gasteiger charge is 2.23. The molecule has 3 rings (SSSR count). The minimum atomic E-state index is -3.88. The van der Waals surface area contributed by atoms with Crippen LogP contribution < -0.4 is 9.62 Å². The molecule has 0 aromatic heterocycles. The highest BCUT2D eigenvalue weighted by molar-refractivity contribution is 7.92. The third kappa shape index (κ3) is 5.12. The van der Waals surface area contributed by atoms with Crippen LogP contribution in [-0.4, -0.2) is 51.8 Å². The number of benzene rings is 2. The first-order chi connectivity index (χ1) is 14.3. The Morgan fingerprint density at radius 2 is 1.80 bits per heavy atom. The van der Waals surface area contributed by atoms with Crippen molar-refractivity contribution in [3.63, 3.8) is 0 Å². The van der Waals surface area contributed by atoms with Crippen molar-refractivity contribution >= 4 is 39.1 Å². The first-order valence-corrected chi connectivity index (χ1v) is 11.5. The quantitative estimate of drug-likeness (QED) is 0.704. The molecule has 1 aliphatic rings. The van der Waals surface area contributed by atoms with Gasteiger partial charge in [0.15, 0.2) is 0 Å². The Bertz CT molecular complexity index is 1040. The van der Waals surface area contributed by atoms with Gasteiger partial charge in [0.05, 0.1) is 10.6 Å². The summed E-state index contributed by atoms with van der Waals surface area (Å²) in [7, 11) is -2.45. The van der Waals surface area contributed by atoms with Crippen LogP contribution in [0.5, 0.6) is 0 Å². The van der Waals surface area contributed by atoms with E-state index in [1.807, 2.05) is 0 Å². The molecule has 0 aliphatic carbocycles. The van der Waals surface area contributed by atoms with Crippen LogP contribution in [-0.2, 0) is 14.8 Å². The van der Waals surface area contributed by atoms with Crippen molar-refractivity contribution in [1.82, 2.24) is 10.2 Å². The molecule has 0 atom stereocenters. The van der Waals surface area contributed by atoms with E-state index in [2.05, 4.69) is 5.32 Å². The molecule has 0 radical (unpaired) electrons. The molecular formula is C21H24ClN3O4S. The number of likely N-dealkylation sites (tertiary alicyclic amines) is 1. The maximum atomic E-state index is 13.0. The number of halogens is 1. The van der Waals surface area contributed by atoms with Gasteiger partial charge in [-0.15, -0.1) is 0 Å². The van der Waals surface area contributed by atoms with Crippen LogP contribution in [0.3, 0.4) is 0 Å². The maximum absolute atomic E-state index is 13.0. The Kier molecular flexibility index (Phi) is 6.99. The molecule has 0 unspecified atom stereocenters. The van der Waals surface area contributed by atoms with Gasteiger partial charge in [-0.3, -0.25) is 13.9 Å². The summed E-state index contributed by atoms with van der Waals surface area (Å²) in [5, 5.41) is 3.11. The molecule has 7 nitrogen and oxygen atoms in total. The molecule has 0 bridgehead atoms. The Morgan fingerprint density at radius 1 is 1.10 bits per heavy atom.